The van der Waals surface area contributed by atoms with Crippen molar-refractivity contribution in [3.8, 4) is 11.5 Å². The maximum absolute atomic E-state index is 10.9. The van der Waals surface area contributed by atoms with E-state index in [-0.39, 0.29) is 17.0 Å². The number of hydrogen-bond donors (Lipinski definition) is 2. The topological polar surface area (TPSA) is 108 Å². The molecule has 0 radical (unpaired) electrons. The molecule has 0 bridgehead atoms. The molecule has 0 aliphatic heterocycles. The zero-order chi connectivity index (χ0) is 13.0. The number of aliphatic hydroxyl groups is 1. The van der Waals surface area contributed by atoms with E-state index in [2.05, 4.69) is 0 Å². The first-order chi connectivity index (χ1) is 8.04. The van der Waals surface area contributed by atoms with E-state index >= 15 is 0 Å². The molecule has 0 amide bonds. The number of nitro benzene ring substituents is 1. The fraction of sp³-hybridized carbons (Fsp3) is 0.400. The molecule has 7 nitrogen and oxygen atoms in total. The third kappa shape index (κ3) is 2.63. The van der Waals surface area contributed by atoms with Crippen molar-refractivity contribution in [2.24, 2.45) is 5.73 Å². The van der Waals surface area contributed by atoms with Gasteiger partial charge in [-0.15, -0.1) is 0 Å². The summed E-state index contributed by atoms with van der Waals surface area (Å²) in [5.74, 6) is 0.574. The largest absolute Gasteiger partial charge is 0.493 e. The summed E-state index contributed by atoms with van der Waals surface area (Å²) in [6.45, 7) is -0.393. The molecule has 1 aromatic rings. The molecule has 1 rings (SSSR count). The van der Waals surface area contributed by atoms with E-state index in [4.69, 9.17) is 20.3 Å². The first-order valence-electron chi connectivity index (χ1n) is 4.81. The van der Waals surface area contributed by atoms with Gasteiger partial charge in [-0.3, -0.25) is 10.1 Å². The van der Waals surface area contributed by atoms with Crippen molar-refractivity contribution >= 4 is 5.69 Å². The van der Waals surface area contributed by atoms with Crippen LogP contribution in [0.5, 0.6) is 11.5 Å². The van der Waals surface area contributed by atoms with Gasteiger partial charge in [0.05, 0.1) is 43.4 Å². The second-order valence-electron chi connectivity index (χ2n) is 3.31. The molecule has 7 heteroatoms. The molecular weight excluding hydrogens is 228 g/mol. The normalized spacial score (nSPS) is 12.0. The number of aliphatic hydroxyl groups excluding tert-OH is 1. The molecule has 1 aromatic carbocycles. The fourth-order valence-corrected chi connectivity index (χ4v) is 1.44. The molecule has 3 N–H and O–H groups in total. The standard InChI is InChI=1S/C10H14N2O5/c1-16-9-3-6(7(11)5-13)8(12(14)15)4-10(9)17-2/h3-4,7,13H,5,11H2,1-2H3/t7-/m1/s1. The van der Waals surface area contributed by atoms with Gasteiger partial charge in [0.2, 0.25) is 0 Å². The average molecular weight is 242 g/mol. The first kappa shape index (κ1) is 13.2. The minimum Gasteiger partial charge on any atom is -0.493 e. The van der Waals surface area contributed by atoms with Crippen molar-refractivity contribution in [1.29, 1.82) is 0 Å². The lowest BCUT2D eigenvalue weighted by Crippen LogP contribution is -2.16. The Morgan fingerprint density at radius 3 is 2.35 bits per heavy atom. The average Bonchev–Trinajstić information content (AvgIpc) is 2.35. The molecule has 0 fully saturated rings. The van der Waals surface area contributed by atoms with Gasteiger partial charge in [0.25, 0.3) is 5.69 Å². The van der Waals surface area contributed by atoms with Crippen LogP contribution in [0.2, 0.25) is 0 Å². The van der Waals surface area contributed by atoms with Gasteiger partial charge >= 0.3 is 0 Å². The number of nitrogens with zero attached hydrogens (tertiary/aromatic N) is 1. The molecule has 0 heterocycles. The Morgan fingerprint density at radius 1 is 1.41 bits per heavy atom. The summed E-state index contributed by atoms with van der Waals surface area (Å²) in [6.07, 6.45) is 0. The molecule has 17 heavy (non-hydrogen) atoms. The lowest BCUT2D eigenvalue weighted by molar-refractivity contribution is -0.385. The lowest BCUT2D eigenvalue weighted by atomic mass is 10.1. The predicted octanol–water partition coefficient (Wildman–Crippen LogP) is 0.604. The van der Waals surface area contributed by atoms with Gasteiger partial charge in [-0.2, -0.15) is 0 Å². The van der Waals surface area contributed by atoms with Crippen LogP contribution in [0.15, 0.2) is 12.1 Å². The zero-order valence-electron chi connectivity index (χ0n) is 9.54. The Balaban J connectivity index is 3.40. The summed E-state index contributed by atoms with van der Waals surface area (Å²) in [5, 5.41) is 19.8. The van der Waals surface area contributed by atoms with Crippen LogP contribution in [0.3, 0.4) is 0 Å². The van der Waals surface area contributed by atoms with E-state index in [9.17, 15) is 10.1 Å². The molecule has 0 aliphatic carbocycles. The van der Waals surface area contributed by atoms with Crippen LogP contribution < -0.4 is 15.2 Å². The van der Waals surface area contributed by atoms with Gasteiger partial charge in [-0.25, -0.2) is 0 Å². The Bertz CT molecular complexity index is 421. The van der Waals surface area contributed by atoms with Gasteiger partial charge in [0, 0.05) is 0 Å². The van der Waals surface area contributed by atoms with Gasteiger partial charge in [-0.05, 0) is 6.07 Å². The summed E-state index contributed by atoms with van der Waals surface area (Å²) in [5.41, 5.74) is 5.60. The van der Waals surface area contributed by atoms with Crippen molar-refractivity contribution < 1.29 is 19.5 Å². The molecular formula is C10H14N2O5. The summed E-state index contributed by atoms with van der Waals surface area (Å²) >= 11 is 0. The molecule has 0 spiro atoms. The van der Waals surface area contributed by atoms with Crippen molar-refractivity contribution in [2.75, 3.05) is 20.8 Å². The SMILES string of the molecule is COc1cc([C@H](N)CO)c([N+](=O)[O-])cc1OC. The van der Waals surface area contributed by atoms with Crippen LogP contribution in [-0.2, 0) is 0 Å². The van der Waals surface area contributed by atoms with E-state index in [0.29, 0.717) is 5.75 Å². The minimum absolute atomic E-state index is 0.204. The van der Waals surface area contributed by atoms with Crippen molar-refractivity contribution in [2.45, 2.75) is 6.04 Å². The highest BCUT2D eigenvalue weighted by atomic mass is 16.6. The number of methoxy groups -OCH3 is 2. The highest BCUT2D eigenvalue weighted by molar-refractivity contribution is 5.55. The van der Waals surface area contributed by atoms with Crippen LogP contribution in [0, 0.1) is 10.1 Å². The van der Waals surface area contributed by atoms with Crippen molar-refractivity contribution in [3.63, 3.8) is 0 Å². The zero-order valence-corrected chi connectivity index (χ0v) is 9.54. The molecule has 0 aromatic heterocycles. The maximum atomic E-state index is 10.9. The van der Waals surface area contributed by atoms with Crippen LogP contribution in [-0.4, -0.2) is 30.9 Å². The first-order valence-corrected chi connectivity index (χ1v) is 4.81. The van der Waals surface area contributed by atoms with Crippen LogP contribution >= 0.6 is 0 Å². The van der Waals surface area contributed by atoms with Gasteiger partial charge in [0.1, 0.15) is 0 Å². The summed E-state index contributed by atoms with van der Waals surface area (Å²) in [6, 6.07) is 1.79. The Kier molecular flexibility index (Phi) is 4.24. The number of nitrogens with two attached hydrogens (primary N) is 1. The van der Waals surface area contributed by atoms with Crippen LogP contribution in [0.4, 0.5) is 5.69 Å². The number of nitro groups is 1. The Hall–Kier alpha value is -1.86. The molecule has 0 unspecified atom stereocenters. The summed E-state index contributed by atoms with van der Waals surface area (Å²) in [7, 11) is 2.80. The van der Waals surface area contributed by atoms with Crippen molar-refractivity contribution in [3.05, 3.63) is 27.8 Å². The van der Waals surface area contributed by atoms with Gasteiger partial charge < -0.3 is 20.3 Å². The van der Waals surface area contributed by atoms with Gasteiger partial charge in [0.15, 0.2) is 11.5 Å². The van der Waals surface area contributed by atoms with Crippen molar-refractivity contribution in [1.82, 2.24) is 0 Å². The van der Waals surface area contributed by atoms with E-state index < -0.39 is 17.6 Å². The number of ether oxygens (including phenoxy) is 2. The minimum atomic E-state index is -0.838. The second-order valence-corrected chi connectivity index (χ2v) is 3.31. The number of benzene rings is 1. The van der Waals surface area contributed by atoms with E-state index in [1.807, 2.05) is 0 Å². The Labute approximate surface area is 97.9 Å². The molecule has 94 valence electrons. The monoisotopic (exact) mass is 242 g/mol. The predicted molar refractivity (Wildman–Crippen MR) is 60.2 cm³/mol. The molecule has 0 saturated heterocycles. The number of hydrogen-bond acceptors (Lipinski definition) is 6. The van der Waals surface area contributed by atoms with E-state index in [1.54, 1.807) is 0 Å². The second kappa shape index (κ2) is 5.46. The third-order valence-corrected chi connectivity index (χ3v) is 2.33. The highest BCUT2D eigenvalue weighted by Crippen LogP contribution is 2.36. The third-order valence-electron chi connectivity index (χ3n) is 2.33. The summed E-state index contributed by atoms with van der Waals surface area (Å²) < 4.78 is 9.98. The highest BCUT2D eigenvalue weighted by Gasteiger charge is 2.23. The fourth-order valence-electron chi connectivity index (χ4n) is 1.44. The quantitative estimate of drug-likeness (QED) is 0.578. The van der Waals surface area contributed by atoms with E-state index in [0.717, 1.165) is 0 Å². The Morgan fingerprint density at radius 2 is 1.94 bits per heavy atom. The maximum Gasteiger partial charge on any atom is 0.278 e. The number of rotatable bonds is 5. The summed E-state index contributed by atoms with van der Waals surface area (Å²) in [4.78, 5) is 10.3. The van der Waals surface area contributed by atoms with Crippen LogP contribution in [0.1, 0.15) is 11.6 Å². The smallest absolute Gasteiger partial charge is 0.278 e. The molecule has 0 aliphatic rings. The van der Waals surface area contributed by atoms with Gasteiger partial charge in [-0.1, -0.05) is 0 Å². The molecule has 1 atom stereocenters. The molecule has 0 saturated carbocycles. The van der Waals surface area contributed by atoms with E-state index in [1.165, 1.54) is 26.4 Å². The van der Waals surface area contributed by atoms with Crippen LogP contribution in [0.25, 0.3) is 0 Å². The lowest BCUT2D eigenvalue weighted by Gasteiger charge is -2.13.